The number of nitrogens with zero attached hydrogens (tertiary/aromatic N) is 1. The average molecular weight is 224 g/mol. The zero-order valence-electron chi connectivity index (χ0n) is 8.20. The summed E-state index contributed by atoms with van der Waals surface area (Å²) in [6, 6.07) is 6.42. The molecule has 1 aromatic carbocycles. The van der Waals surface area contributed by atoms with Crippen LogP contribution in [0, 0.1) is 0 Å². The lowest BCUT2D eigenvalue weighted by atomic mass is 10.3. The van der Waals surface area contributed by atoms with Gasteiger partial charge in [0.2, 0.25) is 0 Å². The normalized spacial score (nSPS) is 11.0. The molecular formula is C10H12N2S2. The number of nitrogens with one attached hydrogen (secondary N) is 1. The third-order valence-electron chi connectivity index (χ3n) is 1.97. The van der Waals surface area contributed by atoms with Crippen LogP contribution in [0.15, 0.2) is 23.1 Å². The molecule has 0 radical (unpaired) electrons. The molecule has 1 aromatic heterocycles. The van der Waals surface area contributed by atoms with E-state index in [0.29, 0.717) is 0 Å². The van der Waals surface area contributed by atoms with Gasteiger partial charge >= 0.3 is 0 Å². The molecule has 2 rings (SSSR count). The first kappa shape index (κ1) is 9.96. The summed E-state index contributed by atoms with van der Waals surface area (Å²) in [5, 5.41) is 4.27. The Morgan fingerprint density at radius 3 is 3.07 bits per heavy atom. The highest BCUT2D eigenvalue weighted by Gasteiger charge is 2.03. The van der Waals surface area contributed by atoms with E-state index in [4.69, 9.17) is 0 Å². The maximum atomic E-state index is 4.52. The number of thioether (sulfide) groups is 1. The summed E-state index contributed by atoms with van der Waals surface area (Å²) >= 11 is 3.53. The maximum Gasteiger partial charge on any atom is 0.108 e. The number of hydrogen-bond acceptors (Lipinski definition) is 4. The SMILES string of the molecule is CNCc1nc2ccc(SC)cc2s1. The highest BCUT2D eigenvalue weighted by molar-refractivity contribution is 7.98. The first-order valence-corrected chi connectivity index (χ1v) is 6.45. The fourth-order valence-corrected chi connectivity index (χ4v) is 2.84. The molecule has 1 heterocycles. The summed E-state index contributed by atoms with van der Waals surface area (Å²) in [4.78, 5) is 5.83. The largest absolute Gasteiger partial charge is 0.314 e. The van der Waals surface area contributed by atoms with E-state index in [2.05, 4.69) is 34.8 Å². The van der Waals surface area contributed by atoms with Gasteiger partial charge < -0.3 is 5.32 Å². The fourth-order valence-electron chi connectivity index (χ4n) is 1.31. The Hall–Kier alpha value is -0.580. The molecule has 0 atom stereocenters. The van der Waals surface area contributed by atoms with Gasteiger partial charge in [0.25, 0.3) is 0 Å². The summed E-state index contributed by atoms with van der Waals surface area (Å²) in [6.45, 7) is 0.855. The molecule has 14 heavy (non-hydrogen) atoms. The number of hydrogen-bond donors (Lipinski definition) is 1. The minimum absolute atomic E-state index is 0.855. The van der Waals surface area contributed by atoms with E-state index < -0.39 is 0 Å². The topological polar surface area (TPSA) is 24.9 Å². The van der Waals surface area contributed by atoms with Gasteiger partial charge in [-0.3, -0.25) is 0 Å². The van der Waals surface area contributed by atoms with Gasteiger partial charge in [0, 0.05) is 11.4 Å². The van der Waals surface area contributed by atoms with Crippen molar-refractivity contribution in [3.63, 3.8) is 0 Å². The van der Waals surface area contributed by atoms with Crippen LogP contribution in [0.3, 0.4) is 0 Å². The number of thiazole rings is 1. The molecule has 0 amide bonds. The lowest BCUT2D eigenvalue weighted by Crippen LogP contribution is -2.03. The summed E-state index contributed by atoms with van der Waals surface area (Å²) < 4.78 is 1.28. The highest BCUT2D eigenvalue weighted by Crippen LogP contribution is 2.26. The van der Waals surface area contributed by atoms with Crippen LogP contribution in [0.1, 0.15) is 5.01 Å². The third kappa shape index (κ3) is 1.92. The molecule has 74 valence electrons. The Balaban J connectivity index is 2.43. The highest BCUT2D eigenvalue weighted by atomic mass is 32.2. The summed E-state index contributed by atoms with van der Waals surface area (Å²) in [6.07, 6.45) is 2.09. The van der Waals surface area contributed by atoms with Gasteiger partial charge in [-0.15, -0.1) is 23.1 Å². The maximum absolute atomic E-state index is 4.52. The molecule has 0 unspecified atom stereocenters. The first-order valence-electron chi connectivity index (χ1n) is 4.41. The van der Waals surface area contributed by atoms with Crippen LogP contribution in [0.2, 0.25) is 0 Å². The first-order chi connectivity index (χ1) is 6.83. The predicted octanol–water partition coefficient (Wildman–Crippen LogP) is 2.74. The molecule has 0 aliphatic heterocycles. The van der Waals surface area contributed by atoms with Crippen molar-refractivity contribution >= 4 is 33.3 Å². The molecular weight excluding hydrogens is 212 g/mol. The predicted molar refractivity (Wildman–Crippen MR) is 64.2 cm³/mol. The summed E-state index contributed by atoms with van der Waals surface area (Å²) in [7, 11) is 1.94. The van der Waals surface area contributed by atoms with Gasteiger partial charge in [0.15, 0.2) is 0 Å². The van der Waals surface area contributed by atoms with Crippen molar-refractivity contribution in [2.45, 2.75) is 11.4 Å². The molecule has 0 aliphatic rings. The molecule has 0 spiro atoms. The van der Waals surface area contributed by atoms with Crippen molar-refractivity contribution in [3.05, 3.63) is 23.2 Å². The van der Waals surface area contributed by atoms with Gasteiger partial charge in [-0.1, -0.05) is 0 Å². The van der Waals surface area contributed by atoms with Crippen molar-refractivity contribution in [1.82, 2.24) is 10.3 Å². The Labute approximate surface area is 91.7 Å². The van der Waals surface area contributed by atoms with Crippen molar-refractivity contribution in [2.24, 2.45) is 0 Å². The van der Waals surface area contributed by atoms with Crippen LogP contribution in [0.25, 0.3) is 10.2 Å². The van der Waals surface area contributed by atoms with Gasteiger partial charge in [0.1, 0.15) is 5.01 Å². The van der Waals surface area contributed by atoms with Crippen LogP contribution >= 0.6 is 23.1 Å². The molecule has 2 nitrogen and oxygen atoms in total. The van der Waals surface area contributed by atoms with Crippen molar-refractivity contribution < 1.29 is 0 Å². The van der Waals surface area contributed by atoms with E-state index in [0.717, 1.165) is 17.1 Å². The molecule has 0 aliphatic carbocycles. The van der Waals surface area contributed by atoms with Crippen LogP contribution in [0.4, 0.5) is 0 Å². The minimum Gasteiger partial charge on any atom is -0.314 e. The van der Waals surface area contributed by atoms with E-state index >= 15 is 0 Å². The van der Waals surface area contributed by atoms with E-state index in [1.165, 1.54) is 9.60 Å². The standard InChI is InChI=1S/C10H12N2S2/c1-11-6-10-12-8-4-3-7(13-2)5-9(8)14-10/h3-5,11H,6H2,1-2H3. The van der Waals surface area contributed by atoms with Crippen LogP contribution < -0.4 is 5.32 Å². The Morgan fingerprint density at radius 1 is 1.50 bits per heavy atom. The smallest absolute Gasteiger partial charge is 0.108 e. The van der Waals surface area contributed by atoms with Gasteiger partial charge in [-0.25, -0.2) is 4.98 Å². The fraction of sp³-hybridized carbons (Fsp3) is 0.300. The monoisotopic (exact) mass is 224 g/mol. The molecule has 0 saturated heterocycles. The Bertz CT molecular complexity index is 437. The molecule has 0 saturated carbocycles. The number of fused-ring (bicyclic) bond motifs is 1. The van der Waals surface area contributed by atoms with Crippen LogP contribution in [-0.4, -0.2) is 18.3 Å². The minimum atomic E-state index is 0.855. The Kier molecular flexibility index (Phi) is 3.05. The molecule has 1 N–H and O–H groups in total. The van der Waals surface area contributed by atoms with Crippen molar-refractivity contribution in [1.29, 1.82) is 0 Å². The average Bonchev–Trinajstić information content (AvgIpc) is 2.59. The van der Waals surface area contributed by atoms with E-state index in [1.54, 1.807) is 23.1 Å². The number of benzene rings is 1. The molecule has 0 bridgehead atoms. The van der Waals surface area contributed by atoms with Gasteiger partial charge in [0.05, 0.1) is 10.2 Å². The zero-order chi connectivity index (χ0) is 9.97. The number of aromatic nitrogens is 1. The lowest BCUT2D eigenvalue weighted by molar-refractivity contribution is 0.812. The van der Waals surface area contributed by atoms with Crippen molar-refractivity contribution in [2.75, 3.05) is 13.3 Å². The van der Waals surface area contributed by atoms with E-state index in [1.807, 2.05) is 7.05 Å². The van der Waals surface area contributed by atoms with E-state index in [9.17, 15) is 0 Å². The summed E-state index contributed by atoms with van der Waals surface area (Å²) in [5.41, 5.74) is 1.11. The molecule has 0 fully saturated rings. The van der Waals surface area contributed by atoms with E-state index in [-0.39, 0.29) is 0 Å². The second-order valence-electron chi connectivity index (χ2n) is 2.97. The number of rotatable bonds is 3. The second-order valence-corrected chi connectivity index (χ2v) is 4.97. The quantitative estimate of drug-likeness (QED) is 0.811. The van der Waals surface area contributed by atoms with Crippen molar-refractivity contribution in [3.8, 4) is 0 Å². The molecule has 2 aromatic rings. The Morgan fingerprint density at radius 2 is 2.36 bits per heavy atom. The third-order valence-corrected chi connectivity index (χ3v) is 3.71. The van der Waals surface area contributed by atoms with Crippen LogP contribution in [-0.2, 0) is 6.54 Å². The van der Waals surface area contributed by atoms with Gasteiger partial charge in [-0.2, -0.15) is 0 Å². The second kappa shape index (κ2) is 4.29. The van der Waals surface area contributed by atoms with Gasteiger partial charge in [-0.05, 0) is 31.5 Å². The zero-order valence-corrected chi connectivity index (χ0v) is 9.84. The molecule has 4 heteroatoms. The van der Waals surface area contributed by atoms with Crippen LogP contribution in [0.5, 0.6) is 0 Å². The summed E-state index contributed by atoms with van der Waals surface area (Å²) in [5.74, 6) is 0. The lowest BCUT2D eigenvalue weighted by Gasteiger charge is -1.93.